The number of aryl methyl sites for hydroxylation is 1. The number of benzene rings is 2. The van der Waals surface area contributed by atoms with Gasteiger partial charge in [0.05, 0.1) is 31.4 Å². The smallest absolute Gasteiger partial charge is 0.295 e. The Balaban J connectivity index is 1.88. The number of aliphatic hydroxyl groups is 1. The van der Waals surface area contributed by atoms with Gasteiger partial charge in [-0.3, -0.25) is 14.6 Å². The lowest BCUT2D eigenvalue weighted by Gasteiger charge is -2.25. The molecule has 168 valence electrons. The minimum Gasteiger partial charge on any atom is -0.507 e. The Kier molecular flexibility index (Phi) is 6.13. The van der Waals surface area contributed by atoms with E-state index in [0.29, 0.717) is 22.6 Å². The molecule has 1 aliphatic heterocycles. The summed E-state index contributed by atoms with van der Waals surface area (Å²) >= 11 is 0. The number of nitrogens with zero attached hydrogens (tertiary/aromatic N) is 2. The van der Waals surface area contributed by atoms with Gasteiger partial charge in [0.2, 0.25) is 0 Å². The molecule has 2 aromatic carbocycles. The molecule has 1 aromatic heterocycles. The molecule has 1 aliphatic rings. The maximum absolute atomic E-state index is 13.2. The van der Waals surface area contributed by atoms with Crippen molar-refractivity contribution < 1.29 is 24.2 Å². The molecule has 1 saturated heterocycles. The Morgan fingerprint density at radius 1 is 1.03 bits per heavy atom. The lowest BCUT2D eigenvalue weighted by Crippen LogP contribution is -2.29. The van der Waals surface area contributed by atoms with Gasteiger partial charge in [-0.25, -0.2) is 0 Å². The molecule has 1 amide bonds. The number of amides is 1. The molecular weight excluding hydrogens is 420 g/mol. The van der Waals surface area contributed by atoms with E-state index in [-0.39, 0.29) is 17.9 Å². The van der Waals surface area contributed by atoms with Crippen LogP contribution in [0.15, 0.2) is 72.6 Å². The summed E-state index contributed by atoms with van der Waals surface area (Å²) in [5, 5.41) is 11.3. The number of likely N-dealkylation sites (tertiary alicyclic amines) is 1. The van der Waals surface area contributed by atoms with Crippen LogP contribution in [0.4, 0.5) is 0 Å². The molecule has 4 rings (SSSR count). The second-order valence-corrected chi connectivity index (χ2v) is 7.76. The quantitative estimate of drug-likeness (QED) is 0.351. The van der Waals surface area contributed by atoms with Crippen LogP contribution in [0.2, 0.25) is 0 Å². The van der Waals surface area contributed by atoms with Crippen molar-refractivity contribution in [3.63, 3.8) is 0 Å². The first-order chi connectivity index (χ1) is 15.9. The lowest BCUT2D eigenvalue weighted by molar-refractivity contribution is -0.140. The largest absolute Gasteiger partial charge is 0.507 e. The average molecular weight is 444 g/mol. The summed E-state index contributed by atoms with van der Waals surface area (Å²) in [5.74, 6) is -0.656. The zero-order valence-corrected chi connectivity index (χ0v) is 18.6. The van der Waals surface area contributed by atoms with Gasteiger partial charge < -0.3 is 19.5 Å². The van der Waals surface area contributed by atoms with Crippen molar-refractivity contribution in [3.05, 3.63) is 94.8 Å². The molecule has 7 nitrogen and oxygen atoms in total. The number of carbonyl (C=O) groups is 2. The highest BCUT2D eigenvalue weighted by atomic mass is 16.5. The molecule has 3 aromatic rings. The van der Waals surface area contributed by atoms with E-state index in [1.165, 1.54) is 12.0 Å². The van der Waals surface area contributed by atoms with Crippen molar-refractivity contribution >= 4 is 17.4 Å². The van der Waals surface area contributed by atoms with E-state index in [9.17, 15) is 14.7 Å². The first-order valence-electron chi connectivity index (χ1n) is 10.4. The minimum absolute atomic E-state index is 0.0120. The maximum Gasteiger partial charge on any atom is 0.295 e. The zero-order valence-electron chi connectivity index (χ0n) is 18.6. The van der Waals surface area contributed by atoms with Gasteiger partial charge in [0, 0.05) is 18.9 Å². The minimum atomic E-state index is -0.788. The highest BCUT2D eigenvalue weighted by Gasteiger charge is 2.46. The highest BCUT2D eigenvalue weighted by molar-refractivity contribution is 6.46. The van der Waals surface area contributed by atoms with E-state index >= 15 is 0 Å². The lowest BCUT2D eigenvalue weighted by atomic mass is 9.95. The monoisotopic (exact) mass is 444 g/mol. The fourth-order valence-corrected chi connectivity index (χ4v) is 4.05. The van der Waals surface area contributed by atoms with E-state index in [1.54, 1.807) is 43.8 Å². The molecule has 0 saturated carbocycles. The number of aliphatic hydroxyl groups excluding tert-OH is 1. The molecule has 0 bridgehead atoms. The second-order valence-electron chi connectivity index (χ2n) is 7.76. The number of Topliss-reactive ketones (excluding diaryl/α,β-unsaturated/α-hetero) is 1. The number of methoxy groups -OCH3 is 2. The van der Waals surface area contributed by atoms with E-state index in [0.717, 1.165) is 11.1 Å². The molecule has 0 aliphatic carbocycles. The molecule has 7 heteroatoms. The molecule has 1 unspecified atom stereocenters. The van der Waals surface area contributed by atoms with Crippen molar-refractivity contribution in [2.45, 2.75) is 19.5 Å². The van der Waals surface area contributed by atoms with Gasteiger partial charge in [-0.05, 0) is 54.4 Å². The number of ether oxygens (including phenoxy) is 2. The van der Waals surface area contributed by atoms with Gasteiger partial charge in [0.15, 0.2) is 0 Å². The summed E-state index contributed by atoms with van der Waals surface area (Å²) in [6.45, 7) is 2.04. The van der Waals surface area contributed by atoms with Crippen LogP contribution >= 0.6 is 0 Å². The highest BCUT2D eigenvalue weighted by Crippen LogP contribution is 2.41. The molecular formula is C26H24N2O5. The molecule has 1 fully saturated rings. The number of aromatic nitrogens is 1. The fourth-order valence-electron chi connectivity index (χ4n) is 4.05. The van der Waals surface area contributed by atoms with Crippen LogP contribution in [0.3, 0.4) is 0 Å². The van der Waals surface area contributed by atoms with Crippen molar-refractivity contribution in [2.24, 2.45) is 0 Å². The van der Waals surface area contributed by atoms with Crippen LogP contribution in [0.5, 0.6) is 11.5 Å². The van der Waals surface area contributed by atoms with Gasteiger partial charge in [-0.1, -0.05) is 23.8 Å². The van der Waals surface area contributed by atoms with E-state index in [4.69, 9.17) is 9.47 Å². The predicted octanol–water partition coefficient (Wildman–Crippen LogP) is 4.03. The molecule has 1 N–H and O–H groups in total. The van der Waals surface area contributed by atoms with Crippen LogP contribution in [0, 0.1) is 6.92 Å². The third-order valence-corrected chi connectivity index (χ3v) is 5.66. The predicted molar refractivity (Wildman–Crippen MR) is 123 cm³/mol. The normalized spacial score (nSPS) is 17.3. The number of pyridine rings is 1. The summed E-state index contributed by atoms with van der Waals surface area (Å²) in [5.41, 5.74) is 2.71. The first-order valence-corrected chi connectivity index (χ1v) is 10.4. The van der Waals surface area contributed by atoms with Crippen molar-refractivity contribution in [3.8, 4) is 11.5 Å². The molecule has 2 heterocycles. The van der Waals surface area contributed by atoms with Gasteiger partial charge in [-0.2, -0.15) is 0 Å². The van der Waals surface area contributed by atoms with Crippen LogP contribution < -0.4 is 9.47 Å². The van der Waals surface area contributed by atoms with E-state index in [2.05, 4.69) is 4.98 Å². The Morgan fingerprint density at radius 3 is 2.48 bits per heavy atom. The molecule has 0 spiro atoms. The van der Waals surface area contributed by atoms with Crippen molar-refractivity contribution in [1.82, 2.24) is 9.88 Å². The Bertz CT molecular complexity index is 1240. The molecule has 1 atom stereocenters. The summed E-state index contributed by atoms with van der Waals surface area (Å²) in [7, 11) is 3.06. The number of hydrogen-bond donors (Lipinski definition) is 1. The summed E-state index contributed by atoms with van der Waals surface area (Å²) < 4.78 is 10.7. The summed E-state index contributed by atoms with van der Waals surface area (Å²) in [6, 6.07) is 15.3. The number of hydrogen-bond acceptors (Lipinski definition) is 6. The van der Waals surface area contributed by atoms with Crippen molar-refractivity contribution in [2.75, 3.05) is 14.2 Å². The van der Waals surface area contributed by atoms with Gasteiger partial charge in [-0.15, -0.1) is 0 Å². The van der Waals surface area contributed by atoms with Crippen LogP contribution in [-0.2, 0) is 16.1 Å². The van der Waals surface area contributed by atoms with Gasteiger partial charge in [0.25, 0.3) is 11.7 Å². The van der Waals surface area contributed by atoms with Crippen LogP contribution in [-0.4, -0.2) is 40.9 Å². The third-order valence-electron chi connectivity index (χ3n) is 5.66. The van der Waals surface area contributed by atoms with Crippen LogP contribution in [0.1, 0.15) is 28.3 Å². The Morgan fingerprint density at radius 2 is 1.79 bits per heavy atom. The molecule has 33 heavy (non-hydrogen) atoms. The second kappa shape index (κ2) is 9.16. The average Bonchev–Trinajstić information content (AvgIpc) is 3.09. The van der Waals surface area contributed by atoms with Crippen LogP contribution in [0.25, 0.3) is 5.76 Å². The number of rotatable bonds is 6. The Hall–Kier alpha value is -4.13. The summed E-state index contributed by atoms with van der Waals surface area (Å²) in [6.07, 6.45) is 3.18. The summed E-state index contributed by atoms with van der Waals surface area (Å²) in [4.78, 5) is 31.9. The number of carbonyl (C=O) groups excluding carboxylic acids is 2. The van der Waals surface area contributed by atoms with E-state index < -0.39 is 17.7 Å². The van der Waals surface area contributed by atoms with Gasteiger partial charge >= 0.3 is 0 Å². The van der Waals surface area contributed by atoms with Crippen molar-refractivity contribution in [1.29, 1.82) is 0 Å². The Labute approximate surface area is 191 Å². The fraction of sp³-hybridized carbons (Fsp3) is 0.192. The van der Waals surface area contributed by atoms with Gasteiger partial charge in [0.1, 0.15) is 17.3 Å². The topological polar surface area (TPSA) is 89.0 Å². The first kappa shape index (κ1) is 22.1. The zero-order chi connectivity index (χ0) is 23.5. The standard InChI is InChI=1S/C26H24N2O5/c1-16-7-8-21(33-3)20(13-16)24(29)22-23(18-9-11-27-12-10-18)28(26(31)25(22)30)15-17-5-4-6-19(14-17)32-2/h4-14,23,29H,15H2,1-3H3/b24-22+. The third kappa shape index (κ3) is 4.17. The maximum atomic E-state index is 13.2. The number of ketones is 1. The SMILES string of the molecule is COc1cccc(CN2C(=O)C(=O)/C(=C(/O)c3cc(C)ccc3OC)C2c2ccncc2)c1. The van der Waals surface area contributed by atoms with E-state index in [1.807, 2.05) is 37.3 Å². The molecule has 0 radical (unpaired) electrons.